The smallest absolute Gasteiger partial charge is 0.263 e. The minimum absolute atomic E-state index is 0.0235. The molecule has 3 aromatic rings. The van der Waals surface area contributed by atoms with Crippen molar-refractivity contribution in [2.75, 3.05) is 18.4 Å². The molecule has 0 bridgehead atoms. The molecule has 1 saturated heterocycles. The quantitative estimate of drug-likeness (QED) is 0.529. The molecule has 1 aromatic carbocycles. The highest BCUT2D eigenvalue weighted by Crippen LogP contribution is 2.35. The van der Waals surface area contributed by atoms with Crippen LogP contribution in [0.1, 0.15) is 50.5 Å². The van der Waals surface area contributed by atoms with Crippen molar-refractivity contribution in [3.8, 4) is 0 Å². The minimum atomic E-state index is -3.88. The van der Waals surface area contributed by atoms with E-state index >= 15 is 0 Å². The van der Waals surface area contributed by atoms with E-state index in [1.54, 1.807) is 6.92 Å². The molecule has 0 radical (unpaired) electrons. The fourth-order valence-corrected chi connectivity index (χ4v) is 8.12. The van der Waals surface area contributed by atoms with Gasteiger partial charge in [0.1, 0.15) is 16.3 Å². The molecule has 0 aliphatic carbocycles. The summed E-state index contributed by atoms with van der Waals surface area (Å²) >= 11 is 1.19. The van der Waals surface area contributed by atoms with Gasteiger partial charge in [-0.1, -0.05) is 39.8 Å². The topological polar surface area (TPSA) is 101 Å². The Hall–Kier alpha value is -2.56. The summed E-state index contributed by atoms with van der Waals surface area (Å²) in [5, 5.41) is 2.86. The normalized spacial score (nSPS) is 19.4. The zero-order valence-electron chi connectivity index (χ0n) is 20.7. The van der Waals surface area contributed by atoms with Crippen LogP contribution in [0, 0.1) is 18.8 Å². The van der Waals surface area contributed by atoms with Gasteiger partial charge in [0.05, 0.1) is 11.7 Å². The van der Waals surface area contributed by atoms with Crippen LogP contribution in [-0.2, 0) is 21.4 Å². The van der Waals surface area contributed by atoms with Crippen molar-refractivity contribution in [3.63, 3.8) is 0 Å². The number of thiophene rings is 1. The van der Waals surface area contributed by atoms with E-state index in [-0.39, 0.29) is 34.6 Å². The lowest BCUT2D eigenvalue weighted by Gasteiger charge is -2.34. The number of carbonyl (C=O) groups is 1. The molecule has 35 heavy (non-hydrogen) atoms. The van der Waals surface area contributed by atoms with E-state index in [0.29, 0.717) is 34.4 Å². The van der Waals surface area contributed by atoms with E-state index in [1.807, 2.05) is 38.1 Å². The predicted molar refractivity (Wildman–Crippen MR) is 139 cm³/mol. The molecule has 10 heteroatoms. The number of aryl methyl sites for hydroxylation is 1. The van der Waals surface area contributed by atoms with E-state index in [4.69, 9.17) is 0 Å². The van der Waals surface area contributed by atoms with Crippen LogP contribution in [-0.4, -0.2) is 41.3 Å². The van der Waals surface area contributed by atoms with E-state index in [0.717, 1.165) is 12.0 Å². The molecule has 1 aliphatic rings. The van der Waals surface area contributed by atoms with Gasteiger partial charge in [-0.05, 0) is 48.8 Å². The molecule has 0 saturated carbocycles. The van der Waals surface area contributed by atoms with Crippen molar-refractivity contribution in [3.05, 3.63) is 51.4 Å². The highest BCUT2D eigenvalue weighted by Gasteiger charge is 2.35. The fourth-order valence-electron chi connectivity index (χ4n) is 4.77. The number of hydrogen-bond donors (Lipinski definition) is 1. The van der Waals surface area contributed by atoms with Crippen LogP contribution < -0.4 is 10.9 Å². The number of piperidine rings is 1. The number of hydrogen-bond acceptors (Lipinski definition) is 6. The van der Waals surface area contributed by atoms with Gasteiger partial charge in [-0.15, -0.1) is 11.3 Å². The fraction of sp³-hybridized carbons (Fsp3) is 0.480. The minimum Gasteiger partial charge on any atom is -0.325 e. The lowest BCUT2D eigenvalue weighted by molar-refractivity contribution is -0.116. The number of benzene rings is 1. The second-order valence-electron chi connectivity index (χ2n) is 9.94. The average molecular weight is 517 g/mol. The van der Waals surface area contributed by atoms with Gasteiger partial charge in [-0.2, -0.15) is 4.31 Å². The SMILES string of the molecule is Cc1sc2ncn(CC(=O)Nc3ccc(C(C)C)cc3)c(=O)c2c1S(=O)(=O)N1CC(C)CC(C)C1. The standard InChI is InChI=1S/C25H32N4O4S2/c1-15(2)19-6-8-20(9-7-19)27-21(30)13-28-14-26-24-22(25(28)31)23(18(5)34-24)35(32,33)29-11-16(3)10-17(4)12-29/h6-9,14-17H,10-13H2,1-5H3,(H,27,30). The Kier molecular flexibility index (Phi) is 7.17. The van der Waals surface area contributed by atoms with Crippen molar-refractivity contribution < 1.29 is 13.2 Å². The number of aromatic nitrogens is 2. The number of nitrogens with one attached hydrogen (secondary N) is 1. The summed E-state index contributed by atoms with van der Waals surface area (Å²) in [4.78, 5) is 31.3. The lowest BCUT2D eigenvalue weighted by Crippen LogP contribution is -2.42. The summed E-state index contributed by atoms with van der Waals surface area (Å²) in [5.41, 5.74) is 1.26. The maximum atomic E-state index is 13.7. The summed E-state index contributed by atoms with van der Waals surface area (Å²) in [7, 11) is -3.88. The Labute approximate surface area is 210 Å². The van der Waals surface area contributed by atoms with Crippen LogP contribution in [0.5, 0.6) is 0 Å². The molecular weight excluding hydrogens is 484 g/mol. The highest BCUT2D eigenvalue weighted by atomic mass is 32.2. The Morgan fingerprint density at radius 2 is 1.80 bits per heavy atom. The van der Waals surface area contributed by atoms with Crippen molar-refractivity contribution in [1.82, 2.24) is 13.9 Å². The summed E-state index contributed by atoms with van der Waals surface area (Å²) in [5.74, 6) is 0.478. The van der Waals surface area contributed by atoms with Gasteiger partial charge < -0.3 is 5.32 Å². The van der Waals surface area contributed by atoms with Gasteiger partial charge in [0.2, 0.25) is 15.9 Å². The number of sulfonamides is 1. The van der Waals surface area contributed by atoms with Gasteiger partial charge in [0, 0.05) is 23.7 Å². The zero-order chi connectivity index (χ0) is 25.5. The van der Waals surface area contributed by atoms with E-state index < -0.39 is 15.6 Å². The zero-order valence-corrected chi connectivity index (χ0v) is 22.4. The van der Waals surface area contributed by atoms with E-state index in [1.165, 1.54) is 26.5 Å². The molecule has 0 spiro atoms. The summed E-state index contributed by atoms with van der Waals surface area (Å²) in [6, 6.07) is 7.55. The Morgan fingerprint density at radius 1 is 1.17 bits per heavy atom. The second-order valence-corrected chi connectivity index (χ2v) is 13.0. The molecule has 2 unspecified atom stereocenters. The molecule has 188 valence electrons. The van der Waals surface area contributed by atoms with Crippen LogP contribution in [0.4, 0.5) is 5.69 Å². The average Bonchev–Trinajstić information content (AvgIpc) is 3.13. The van der Waals surface area contributed by atoms with Gasteiger partial charge in [-0.25, -0.2) is 13.4 Å². The molecule has 4 rings (SSSR count). The van der Waals surface area contributed by atoms with Crippen LogP contribution >= 0.6 is 11.3 Å². The second kappa shape index (κ2) is 9.83. The predicted octanol–water partition coefficient (Wildman–Crippen LogP) is 4.20. The molecule has 8 nitrogen and oxygen atoms in total. The molecule has 1 fully saturated rings. The third-order valence-corrected chi connectivity index (χ3v) is 9.55. The Morgan fingerprint density at radius 3 is 2.40 bits per heavy atom. The number of nitrogens with zero attached hydrogens (tertiary/aromatic N) is 3. The van der Waals surface area contributed by atoms with Crippen LogP contribution in [0.25, 0.3) is 10.2 Å². The Bertz CT molecular complexity index is 1400. The first-order valence-corrected chi connectivity index (χ1v) is 14.1. The van der Waals surface area contributed by atoms with Crippen molar-refractivity contribution in [1.29, 1.82) is 0 Å². The largest absolute Gasteiger partial charge is 0.325 e. The van der Waals surface area contributed by atoms with Gasteiger partial charge in [0.25, 0.3) is 5.56 Å². The Balaban J connectivity index is 1.64. The summed E-state index contributed by atoms with van der Waals surface area (Å²) < 4.78 is 30.0. The maximum Gasteiger partial charge on any atom is 0.263 e. The molecule has 2 atom stereocenters. The third-order valence-electron chi connectivity index (χ3n) is 6.41. The van der Waals surface area contributed by atoms with Crippen molar-refractivity contribution in [2.45, 2.75) is 58.4 Å². The number of amides is 1. The molecule has 1 amide bonds. The van der Waals surface area contributed by atoms with Crippen molar-refractivity contribution >= 4 is 43.2 Å². The van der Waals surface area contributed by atoms with Crippen LogP contribution in [0.15, 0.2) is 40.3 Å². The van der Waals surface area contributed by atoms with Crippen LogP contribution in [0.2, 0.25) is 0 Å². The van der Waals surface area contributed by atoms with E-state index in [2.05, 4.69) is 24.1 Å². The number of rotatable bonds is 6. The molecule has 1 aliphatic heterocycles. The first-order chi connectivity index (χ1) is 16.5. The summed E-state index contributed by atoms with van der Waals surface area (Å²) in [6.07, 6.45) is 2.28. The maximum absolute atomic E-state index is 13.7. The molecular formula is C25H32N4O4S2. The first-order valence-electron chi connectivity index (χ1n) is 11.9. The molecule has 2 aromatic heterocycles. The van der Waals surface area contributed by atoms with Crippen molar-refractivity contribution in [2.24, 2.45) is 11.8 Å². The highest BCUT2D eigenvalue weighted by molar-refractivity contribution is 7.89. The number of fused-ring (bicyclic) bond motifs is 1. The van der Waals surface area contributed by atoms with Gasteiger partial charge in [-0.3, -0.25) is 14.2 Å². The first kappa shape index (κ1) is 25.5. The third kappa shape index (κ3) is 5.19. The van der Waals surface area contributed by atoms with Gasteiger partial charge in [0.15, 0.2) is 0 Å². The van der Waals surface area contributed by atoms with Gasteiger partial charge >= 0.3 is 0 Å². The monoisotopic (exact) mass is 516 g/mol. The molecule has 3 heterocycles. The lowest BCUT2D eigenvalue weighted by atomic mass is 9.94. The molecule has 1 N–H and O–H groups in total. The van der Waals surface area contributed by atoms with Crippen LogP contribution in [0.3, 0.4) is 0 Å². The number of anilines is 1. The summed E-state index contributed by atoms with van der Waals surface area (Å²) in [6.45, 7) is 10.6. The van der Waals surface area contributed by atoms with E-state index in [9.17, 15) is 18.0 Å². The number of carbonyl (C=O) groups excluding carboxylic acids is 1.